The molecule has 1 amide bonds. The molecule has 1 aliphatic rings. The quantitative estimate of drug-likeness (QED) is 0.379. The van der Waals surface area contributed by atoms with Gasteiger partial charge in [0.15, 0.2) is 6.61 Å². The van der Waals surface area contributed by atoms with Crippen LogP contribution in [0.5, 0.6) is 0 Å². The molecule has 1 saturated heterocycles. The fourth-order valence-electron chi connectivity index (χ4n) is 4.30. The van der Waals surface area contributed by atoms with Crippen LogP contribution < -0.4 is 4.90 Å². The van der Waals surface area contributed by atoms with Crippen LogP contribution in [0, 0.1) is 13.8 Å². The smallest absolute Gasteiger partial charge is 0.338 e. The second-order valence-electron chi connectivity index (χ2n) is 8.35. The van der Waals surface area contributed by atoms with Gasteiger partial charge in [-0.05, 0) is 74.9 Å². The number of Topliss-reactive ketones (excluding diaryl/α,β-unsaturated/α-hetero) is 1. The molecule has 35 heavy (non-hydrogen) atoms. The zero-order valence-corrected chi connectivity index (χ0v) is 19.9. The molecule has 1 fully saturated rings. The van der Waals surface area contributed by atoms with Crippen LogP contribution in [0.25, 0.3) is 5.69 Å². The highest BCUT2D eigenvalue weighted by molar-refractivity contribution is 6.01. The summed E-state index contributed by atoms with van der Waals surface area (Å²) in [6.07, 6.45) is 1.36. The molecule has 1 aromatic heterocycles. The molecule has 0 aliphatic carbocycles. The lowest BCUT2D eigenvalue weighted by Crippen LogP contribution is -2.23. The normalized spacial score (nSPS) is 13.1. The van der Waals surface area contributed by atoms with Crippen molar-refractivity contribution in [1.29, 1.82) is 0 Å². The third-order valence-electron chi connectivity index (χ3n) is 6.10. The number of hydrogen-bond acceptors (Lipinski definition) is 6. The monoisotopic (exact) mass is 474 g/mol. The maximum absolute atomic E-state index is 12.8. The molecule has 4 rings (SSSR count). The summed E-state index contributed by atoms with van der Waals surface area (Å²) in [7, 11) is 1.33. The number of benzene rings is 2. The maximum atomic E-state index is 12.8. The van der Waals surface area contributed by atoms with Gasteiger partial charge in [-0.25, -0.2) is 9.59 Å². The molecule has 0 saturated carbocycles. The number of carbonyl (C=O) groups is 4. The Hall–Kier alpha value is -4.20. The summed E-state index contributed by atoms with van der Waals surface area (Å²) in [4.78, 5) is 50.6. The van der Waals surface area contributed by atoms with E-state index in [1.165, 1.54) is 7.11 Å². The van der Waals surface area contributed by atoms with E-state index in [-0.39, 0.29) is 11.7 Å². The van der Waals surface area contributed by atoms with Gasteiger partial charge < -0.3 is 18.9 Å². The highest BCUT2D eigenvalue weighted by atomic mass is 16.5. The van der Waals surface area contributed by atoms with E-state index in [2.05, 4.69) is 0 Å². The van der Waals surface area contributed by atoms with E-state index < -0.39 is 18.5 Å². The van der Waals surface area contributed by atoms with Crippen molar-refractivity contribution in [2.75, 3.05) is 25.2 Å². The highest BCUT2D eigenvalue weighted by Gasteiger charge is 2.22. The lowest BCUT2D eigenvalue weighted by molar-refractivity contribution is -0.117. The standard InChI is InChI=1S/C27H26N2O6/c1-17-15-23(18(2)29(17)22-12-8-19(9-13-22)26(32)34-3)24(30)16-35-27(33)20-6-10-21(11-7-20)28-14-4-5-25(28)31/h6-13,15H,4-5,14,16H2,1-3H3. The summed E-state index contributed by atoms with van der Waals surface area (Å²) in [6.45, 7) is 3.97. The number of rotatable bonds is 7. The number of aryl methyl sites for hydroxylation is 1. The molecule has 0 atom stereocenters. The van der Waals surface area contributed by atoms with Gasteiger partial charge in [0.2, 0.25) is 11.7 Å². The molecule has 0 unspecified atom stereocenters. The van der Waals surface area contributed by atoms with Crippen molar-refractivity contribution in [3.05, 3.63) is 82.7 Å². The lowest BCUT2D eigenvalue weighted by Gasteiger charge is -2.15. The zero-order valence-electron chi connectivity index (χ0n) is 19.9. The zero-order chi connectivity index (χ0) is 25.1. The molecule has 2 aromatic carbocycles. The molecular weight excluding hydrogens is 448 g/mol. The molecule has 1 aliphatic heterocycles. The first-order valence-corrected chi connectivity index (χ1v) is 11.3. The average molecular weight is 475 g/mol. The number of esters is 2. The van der Waals surface area contributed by atoms with Crippen LogP contribution >= 0.6 is 0 Å². The van der Waals surface area contributed by atoms with E-state index >= 15 is 0 Å². The number of amides is 1. The van der Waals surface area contributed by atoms with Gasteiger partial charge >= 0.3 is 11.9 Å². The first kappa shape index (κ1) is 23.9. The summed E-state index contributed by atoms with van der Waals surface area (Å²) in [5.74, 6) is -1.27. The fraction of sp³-hybridized carbons (Fsp3) is 0.259. The third-order valence-corrected chi connectivity index (χ3v) is 6.10. The van der Waals surface area contributed by atoms with Crippen molar-refractivity contribution >= 4 is 29.3 Å². The Kier molecular flexibility index (Phi) is 6.82. The topological polar surface area (TPSA) is 94.9 Å². The fourth-order valence-corrected chi connectivity index (χ4v) is 4.30. The van der Waals surface area contributed by atoms with Crippen molar-refractivity contribution in [3.8, 4) is 5.69 Å². The van der Waals surface area contributed by atoms with Crippen molar-refractivity contribution < 1.29 is 28.7 Å². The molecule has 0 spiro atoms. The predicted octanol–water partition coefficient (Wildman–Crippen LogP) is 4.05. The summed E-state index contributed by atoms with van der Waals surface area (Å²) in [6, 6.07) is 15.2. The number of hydrogen-bond donors (Lipinski definition) is 0. The SMILES string of the molecule is COC(=O)c1ccc(-n2c(C)cc(C(=O)COC(=O)c3ccc(N4CCCC4=O)cc3)c2C)cc1. The molecule has 3 aromatic rings. The van der Waals surface area contributed by atoms with Gasteiger partial charge in [-0.1, -0.05) is 0 Å². The van der Waals surface area contributed by atoms with E-state index in [1.54, 1.807) is 59.5 Å². The van der Waals surface area contributed by atoms with Crippen LogP contribution in [0.4, 0.5) is 5.69 Å². The summed E-state index contributed by atoms with van der Waals surface area (Å²) < 4.78 is 11.9. The Balaban J connectivity index is 1.42. The molecule has 0 bridgehead atoms. The van der Waals surface area contributed by atoms with E-state index in [9.17, 15) is 19.2 Å². The number of aromatic nitrogens is 1. The Labute approximate surface area is 203 Å². The maximum Gasteiger partial charge on any atom is 0.338 e. The predicted molar refractivity (Wildman–Crippen MR) is 129 cm³/mol. The van der Waals surface area contributed by atoms with Gasteiger partial charge in [0, 0.05) is 41.3 Å². The Morgan fingerprint density at radius 3 is 2.06 bits per heavy atom. The minimum atomic E-state index is -0.607. The number of ether oxygens (including phenoxy) is 2. The first-order chi connectivity index (χ1) is 16.8. The van der Waals surface area contributed by atoms with Crippen LogP contribution in [-0.4, -0.2) is 48.5 Å². The second kappa shape index (κ2) is 9.97. The van der Waals surface area contributed by atoms with Crippen LogP contribution in [-0.2, 0) is 14.3 Å². The lowest BCUT2D eigenvalue weighted by atomic mass is 10.1. The Morgan fingerprint density at radius 2 is 1.49 bits per heavy atom. The van der Waals surface area contributed by atoms with Crippen molar-refractivity contribution in [2.24, 2.45) is 0 Å². The highest BCUT2D eigenvalue weighted by Crippen LogP contribution is 2.23. The first-order valence-electron chi connectivity index (χ1n) is 11.3. The summed E-state index contributed by atoms with van der Waals surface area (Å²) in [5.41, 5.74) is 4.26. The van der Waals surface area contributed by atoms with Crippen LogP contribution in [0.2, 0.25) is 0 Å². The molecule has 2 heterocycles. The molecule has 0 N–H and O–H groups in total. The van der Waals surface area contributed by atoms with Gasteiger partial charge in [-0.2, -0.15) is 0 Å². The largest absolute Gasteiger partial charge is 0.465 e. The van der Waals surface area contributed by atoms with Gasteiger partial charge in [0.05, 0.1) is 18.2 Å². The number of nitrogens with zero attached hydrogens (tertiary/aromatic N) is 2. The Bertz CT molecular complexity index is 1290. The Morgan fingerprint density at radius 1 is 0.886 bits per heavy atom. The van der Waals surface area contributed by atoms with E-state index in [0.29, 0.717) is 35.3 Å². The second-order valence-corrected chi connectivity index (χ2v) is 8.35. The van der Waals surface area contributed by atoms with E-state index in [4.69, 9.17) is 9.47 Å². The van der Waals surface area contributed by atoms with Crippen molar-refractivity contribution in [2.45, 2.75) is 26.7 Å². The summed E-state index contributed by atoms with van der Waals surface area (Å²) >= 11 is 0. The van der Waals surface area contributed by atoms with Gasteiger partial charge in [0.25, 0.3) is 0 Å². The molecule has 180 valence electrons. The van der Waals surface area contributed by atoms with E-state index in [0.717, 1.165) is 23.5 Å². The van der Waals surface area contributed by atoms with E-state index in [1.807, 2.05) is 18.4 Å². The van der Waals surface area contributed by atoms with Gasteiger partial charge in [0.1, 0.15) is 0 Å². The van der Waals surface area contributed by atoms with Crippen molar-refractivity contribution in [3.63, 3.8) is 0 Å². The average Bonchev–Trinajstić information content (AvgIpc) is 3.43. The minimum Gasteiger partial charge on any atom is -0.465 e. The van der Waals surface area contributed by atoms with Crippen LogP contribution in [0.15, 0.2) is 54.6 Å². The number of carbonyl (C=O) groups excluding carboxylic acids is 4. The van der Waals surface area contributed by atoms with Crippen LogP contribution in [0.1, 0.15) is 55.3 Å². The van der Waals surface area contributed by atoms with Gasteiger partial charge in [-0.3, -0.25) is 9.59 Å². The third kappa shape index (κ3) is 4.87. The summed E-state index contributed by atoms with van der Waals surface area (Å²) in [5, 5.41) is 0. The number of methoxy groups -OCH3 is 1. The number of ketones is 1. The van der Waals surface area contributed by atoms with Gasteiger partial charge in [-0.15, -0.1) is 0 Å². The minimum absolute atomic E-state index is 0.0722. The number of anilines is 1. The molecule has 0 radical (unpaired) electrons. The van der Waals surface area contributed by atoms with Crippen molar-refractivity contribution in [1.82, 2.24) is 4.57 Å². The van der Waals surface area contributed by atoms with Crippen LogP contribution in [0.3, 0.4) is 0 Å². The molecule has 8 heteroatoms. The molecule has 8 nitrogen and oxygen atoms in total. The molecular formula is C27H26N2O6.